The molecule has 2 heterocycles. The lowest BCUT2D eigenvalue weighted by molar-refractivity contribution is 0.112. The lowest BCUT2D eigenvalue weighted by Gasteiger charge is -2.04. The van der Waals surface area contributed by atoms with Crippen LogP contribution in [-0.2, 0) is 7.05 Å². The summed E-state index contributed by atoms with van der Waals surface area (Å²) in [6.07, 6.45) is 4.04. The first-order valence-electron chi connectivity index (χ1n) is 5.72. The van der Waals surface area contributed by atoms with Crippen LogP contribution in [-0.4, -0.2) is 20.8 Å². The molecule has 0 fully saturated rings. The third kappa shape index (κ3) is 1.90. The monoisotopic (exact) mass is 271 g/mol. The topological polar surface area (TPSA) is 47.8 Å². The molecule has 3 rings (SSSR count). The van der Waals surface area contributed by atoms with Crippen molar-refractivity contribution in [2.75, 3.05) is 0 Å². The maximum absolute atomic E-state index is 11.1. The highest BCUT2D eigenvalue weighted by atomic mass is 35.5. The third-order valence-corrected chi connectivity index (χ3v) is 3.30. The second-order valence-electron chi connectivity index (χ2n) is 4.21. The van der Waals surface area contributed by atoms with Crippen molar-refractivity contribution in [2.45, 2.75) is 0 Å². The number of aldehydes is 1. The Morgan fingerprint density at radius 2 is 2.16 bits per heavy atom. The Kier molecular flexibility index (Phi) is 2.80. The molecular weight excluding hydrogens is 262 g/mol. The fourth-order valence-electron chi connectivity index (χ4n) is 2.10. The largest absolute Gasteiger partial charge is 0.327 e. The van der Waals surface area contributed by atoms with Gasteiger partial charge in [0.2, 0.25) is 0 Å². The summed E-state index contributed by atoms with van der Waals surface area (Å²) in [7, 11) is 1.89. The maximum atomic E-state index is 11.1. The molecule has 0 atom stereocenters. The second-order valence-corrected chi connectivity index (χ2v) is 4.64. The van der Waals surface area contributed by atoms with E-state index in [4.69, 9.17) is 11.6 Å². The number of carbonyl (C=O) groups excluding carboxylic acids is 1. The number of fused-ring (bicyclic) bond motifs is 1. The summed E-state index contributed by atoms with van der Waals surface area (Å²) >= 11 is 5.99. The smallest absolute Gasteiger partial charge is 0.150 e. The summed E-state index contributed by atoms with van der Waals surface area (Å²) in [4.78, 5) is 19.7. The van der Waals surface area contributed by atoms with Gasteiger partial charge >= 0.3 is 0 Å². The zero-order valence-corrected chi connectivity index (χ0v) is 10.9. The van der Waals surface area contributed by atoms with E-state index in [1.54, 1.807) is 24.5 Å². The van der Waals surface area contributed by atoms with Gasteiger partial charge in [0.15, 0.2) is 6.29 Å². The molecule has 2 aromatic heterocycles. The molecule has 0 saturated carbocycles. The molecule has 3 aromatic rings. The molecule has 0 aliphatic heterocycles. The molecule has 19 heavy (non-hydrogen) atoms. The van der Waals surface area contributed by atoms with Crippen molar-refractivity contribution >= 4 is 28.9 Å². The summed E-state index contributed by atoms with van der Waals surface area (Å²) in [5, 5.41) is 0.656. The van der Waals surface area contributed by atoms with Crippen LogP contribution < -0.4 is 0 Å². The van der Waals surface area contributed by atoms with Crippen LogP contribution in [0.4, 0.5) is 0 Å². The molecule has 0 saturated heterocycles. The van der Waals surface area contributed by atoms with Crippen molar-refractivity contribution in [3.63, 3.8) is 0 Å². The lowest BCUT2D eigenvalue weighted by atomic mass is 10.1. The highest BCUT2D eigenvalue weighted by molar-refractivity contribution is 6.31. The minimum Gasteiger partial charge on any atom is -0.327 e. The molecule has 0 aliphatic carbocycles. The average Bonchev–Trinajstić information content (AvgIpc) is 2.76. The standard InChI is InChI=1S/C14H10ClN3O/c1-18-13-6-10(15)2-3-12(13)17-14(18)11-7-16-5-4-9(11)8-19/h2-8H,1H3. The van der Waals surface area contributed by atoms with Crippen LogP contribution >= 0.6 is 11.6 Å². The first-order valence-corrected chi connectivity index (χ1v) is 6.10. The van der Waals surface area contributed by atoms with Gasteiger partial charge < -0.3 is 4.57 Å². The molecule has 0 N–H and O–H groups in total. The zero-order chi connectivity index (χ0) is 13.4. The Hall–Kier alpha value is -2.20. The van der Waals surface area contributed by atoms with Crippen molar-refractivity contribution in [1.82, 2.24) is 14.5 Å². The SMILES string of the molecule is Cn1c(-c2cnccc2C=O)nc2ccc(Cl)cc21. The Bertz CT molecular complexity index is 779. The number of imidazole rings is 1. The van der Waals surface area contributed by atoms with Crippen LogP contribution in [0.5, 0.6) is 0 Å². The Morgan fingerprint density at radius 3 is 2.95 bits per heavy atom. The van der Waals surface area contributed by atoms with E-state index >= 15 is 0 Å². The Labute approximate surface area is 114 Å². The summed E-state index contributed by atoms with van der Waals surface area (Å²) in [6.45, 7) is 0. The van der Waals surface area contributed by atoms with Crippen molar-refractivity contribution in [3.05, 3.63) is 47.2 Å². The van der Waals surface area contributed by atoms with Gasteiger partial charge in [0, 0.05) is 35.6 Å². The number of halogens is 1. The number of nitrogens with zero attached hydrogens (tertiary/aromatic N) is 3. The van der Waals surface area contributed by atoms with E-state index in [9.17, 15) is 4.79 Å². The summed E-state index contributed by atoms with van der Waals surface area (Å²) < 4.78 is 1.91. The molecule has 1 aromatic carbocycles. The summed E-state index contributed by atoms with van der Waals surface area (Å²) in [5.74, 6) is 0.701. The van der Waals surface area contributed by atoms with Gasteiger partial charge in [-0.1, -0.05) is 11.6 Å². The van der Waals surface area contributed by atoms with Crippen LogP contribution in [0.3, 0.4) is 0 Å². The fraction of sp³-hybridized carbons (Fsp3) is 0.0714. The molecule has 94 valence electrons. The summed E-state index contributed by atoms with van der Waals surface area (Å²) in [6, 6.07) is 7.18. The Morgan fingerprint density at radius 1 is 1.32 bits per heavy atom. The molecule has 0 aliphatic rings. The predicted octanol–water partition coefficient (Wildman–Crippen LogP) is 3.10. The second kappa shape index (κ2) is 4.48. The maximum Gasteiger partial charge on any atom is 0.150 e. The van der Waals surface area contributed by atoms with Crippen LogP contribution in [0.2, 0.25) is 5.02 Å². The van der Waals surface area contributed by atoms with E-state index in [0.717, 1.165) is 17.3 Å². The molecule has 0 radical (unpaired) electrons. The van der Waals surface area contributed by atoms with Gasteiger partial charge in [0.1, 0.15) is 5.82 Å². The van der Waals surface area contributed by atoms with Gasteiger partial charge in [0.05, 0.1) is 11.0 Å². The molecule has 0 amide bonds. The highest BCUT2D eigenvalue weighted by Gasteiger charge is 2.13. The first-order chi connectivity index (χ1) is 9.20. The van der Waals surface area contributed by atoms with Crippen molar-refractivity contribution in [2.24, 2.45) is 7.05 Å². The van der Waals surface area contributed by atoms with E-state index in [1.165, 1.54) is 0 Å². The van der Waals surface area contributed by atoms with Gasteiger partial charge in [-0.3, -0.25) is 9.78 Å². The predicted molar refractivity (Wildman–Crippen MR) is 74.3 cm³/mol. The van der Waals surface area contributed by atoms with Crippen molar-refractivity contribution < 1.29 is 4.79 Å². The number of benzene rings is 1. The quantitative estimate of drug-likeness (QED) is 0.673. The fourth-order valence-corrected chi connectivity index (χ4v) is 2.27. The minimum atomic E-state index is 0.569. The zero-order valence-electron chi connectivity index (χ0n) is 10.2. The van der Waals surface area contributed by atoms with Crippen LogP contribution in [0, 0.1) is 0 Å². The van der Waals surface area contributed by atoms with E-state index < -0.39 is 0 Å². The number of aryl methyl sites for hydroxylation is 1. The van der Waals surface area contributed by atoms with Crippen LogP contribution in [0.25, 0.3) is 22.4 Å². The van der Waals surface area contributed by atoms with Gasteiger partial charge in [-0.2, -0.15) is 0 Å². The van der Waals surface area contributed by atoms with Crippen molar-refractivity contribution in [3.8, 4) is 11.4 Å². The number of pyridine rings is 1. The van der Waals surface area contributed by atoms with Gasteiger partial charge in [-0.05, 0) is 24.3 Å². The third-order valence-electron chi connectivity index (χ3n) is 3.07. The molecule has 5 heteroatoms. The van der Waals surface area contributed by atoms with E-state index in [1.807, 2.05) is 23.7 Å². The summed E-state index contributed by atoms with van der Waals surface area (Å²) in [5.41, 5.74) is 3.04. The highest BCUT2D eigenvalue weighted by Crippen LogP contribution is 2.26. The minimum absolute atomic E-state index is 0.569. The van der Waals surface area contributed by atoms with E-state index in [-0.39, 0.29) is 0 Å². The van der Waals surface area contributed by atoms with Gasteiger partial charge in [-0.15, -0.1) is 0 Å². The van der Waals surface area contributed by atoms with Crippen molar-refractivity contribution in [1.29, 1.82) is 0 Å². The number of aromatic nitrogens is 3. The Balaban J connectivity index is 2.31. The lowest BCUT2D eigenvalue weighted by Crippen LogP contribution is -1.96. The molecular formula is C14H10ClN3O. The average molecular weight is 272 g/mol. The number of rotatable bonds is 2. The molecule has 0 spiro atoms. The molecule has 4 nitrogen and oxygen atoms in total. The van der Waals surface area contributed by atoms with E-state index in [0.29, 0.717) is 22.0 Å². The van der Waals surface area contributed by atoms with Crippen LogP contribution in [0.15, 0.2) is 36.7 Å². The van der Waals surface area contributed by atoms with Gasteiger partial charge in [0.25, 0.3) is 0 Å². The molecule has 0 unspecified atom stereocenters. The van der Waals surface area contributed by atoms with Crippen LogP contribution in [0.1, 0.15) is 10.4 Å². The normalized spacial score (nSPS) is 10.8. The first kappa shape index (κ1) is 11.9. The number of carbonyl (C=O) groups is 1. The van der Waals surface area contributed by atoms with E-state index in [2.05, 4.69) is 9.97 Å². The number of hydrogen-bond donors (Lipinski definition) is 0. The molecule has 0 bridgehead atoms. The number of hydrogen-bond acceptors (Lipinski definition) is 3. The van der Waals surface area contributed by atoms with Gasteiger partial charge in [-0.25, -0.2) is 4.98 Å².